The van der Waals surface area contributed by atoms with E-state index in [4.69, 9.17) is 0 Å². The van der Waals surface area contributed by atoms with Crippen molar-refractivity contribution in [3.05, 3.63) is 29.8 Å². The van der Waals surface area contributed by atoms with E-state index in [0.717, 1.165) is 30.5 Å². The number of sulfonamides is 1. The van der Waals surface area contributed by atoms with Crippen LogP contribution in [-0.4, -0.2) is 63.5 Å². The number of anilines is 1. The van der Waals surface area contributed by atoms with Gasteiger partial charge in [0.1, 0.15) is 0 Å². The highest BCUT2D eigenvalue weighted by atomic mass is 32.2. The van der Waals surface area contributed by atoms with E-state index in [1.54, 1.807) is 14.1 Å². The fraction of sp³-hybridized carbons (Fsp3) is 0.533. The van der Waals surface area contributed by atoms with Crippen molar-refractivity contribution in [3.63, 3.8) is 0 Å². The number of rotatable bonds is 8. The van der Waals surface area contributed by atoms with Gasteiger partial charge in [-0.05, 0) is 38.4 Å². The normalized spacial score (nSPS) is 12.6. The molecule has 6 nitrogen and oxygen atoms in total. The number of amides is 1. The molecule has 1 aromatic rings. The molecule has 1 amide bonds. The van der Waals surface area contributed by atoms with Crippen LogP contribution in [0.4, 0.5) is 18.9 Å². The van der Waals surface area contributed by atoms with Gasteiger partial charge in [0.2, 0.25) is 15.9 Å². The standard InChI is InChI=1S/C15H22F3N3O3S/c1-20(2)10-11-21(25(3,23)24)9-8-14(22)19-13-6-4-12(5-7-13)15(16,17)18/h4-7H,8-11H2,1-3H3,(H,19,22). The second kappa shape index (κ2) is 8.63. The Kier molecular flexibility index (Phi) is 7.39. The first-order valence-electron chi connectivity index (χ1n) is 7.46. The number of alkyl halides is 3. The lowest BCUT2D eigenvalue weighted by Crippen LogP contribution is -2.37. The SMILES string of the molecule is CN(C)CCN(CCC(=O)Nc1ccc(C(F)(F)F)cc1)S(C)(=O)=O. The highest BCUT2D eigenvalue weighted by Crippen LogP contribution is 2.29. The Balaban J connectivity index is 2.60. The molecule has 1 rings (SSSR count). The van der Waals surface area contributed by atoms with Crippen LogP contribution in [0.3, 0.4) is 0 Å². The van der Waals surface area contributed by atoms with E-state index < -0.39 is 27.7 Å². The Morgan fingerprint density at radius 1 is 1.08 bits per heavy atom. The minimum atomic E-state index is -4.44. The second-order valence-electron chi connectivity index (χ2n) is 5.84. The van der Waals surface area contributed by atoms with Crippen LogP contribution >= 0.6 is 0 Å². The quantitative estimate of drug-likeness (QED) is 0.746. The van der Waals surface area contributed by atoms with Crippen molar-refractivity contribution >= 4 is 21.6 Å². The van der Waals surface area contributed by atoms with Gasteiger partial charge >= 0.3 is 6.18 Å². The zero-order valence-electron chi connectivity index (χ0n) is 14.3. The van der Waals surface area contributed by atoms with Gasteiger partial charge < -0.3 is 10.2 Å². The predicted octanol–water partition coefficient (Wildman–Crippen LogP) is 1.86. The number of halogens is 3. The monoisotopic (exact) mass is 381 g/mol. The van der Waals surface area contributed by atoms with E-state index >= 15 is 0 Å². The smallest absolute Gasteiger partial charge is 0.326 e. The zero-order valence-corrected chi connectivity index (χ0v) is 15.1. The lowest BCUT2D eigenvalue weighted by atomic mass is 10.2. The van der Waals surface area contributed by atoms with Crippen LogP contribution in [0.1, 0.15) is 12.0 Å². The molecule has 0 spiro atoms. The molecular weight excluding hydrogens is 359 g/mol. The summed E-state index contributed by atoms with van der Waals surface area (Å²) in [6.07, 6.45) is -3.47. The third-order valence-electron chi connectivity index (χ3n) is 3.35. The van der Waals surface area contributed by atoms with Crippen molar-refractivity contribution < 1.29 is 26.4 Å². The van der Waals surface area contributed by atoms with Crippen molar-refractivity contribution in [2.24, 2.45) is 0 Å². The first kappa shape index (κ1) is 21.4. The van der Waals surface area contributed by atoms with E-state index in [1.165, 1.54) is 4.31 Å². The topological polar surface area (TPSA) is 69.7 Å². The summed E-state index contributed by atoms with van der Waals surface area (Å²) in [5, 5.41) is 2.45. The number of benzene rings is 1. The molecule has 25 heavy (non-hydrogen) atoms. The zero-order chi connectivity index (χ0) is 19.3. The highest BCUT2D eigenvalue weighted by Gasteiger charge is 2.30. The van der Waals surface area contributed by atoms with Gasteiger partial charge in [0.05, 0.1) is 11.8 Å². The third kappa shape index (κ3) is 7.84. The van der Waals surface area contributed by atoms with Gasteiger partial charge in [-0.1, -0.05) is 0 Å². The van der Waals surface area contributed by atoms with Crippen molar-refractivity contribution in [2.75, 3.05) is 45.3 Å². The lowest BCUT2D eigenvalue weighted by Gasteiger charge is -2.21. The molecule has 0 aliphatic rings. The van der Waals surface area contributed by atoms with Gasteiger partial charge in [-0.3, -0.25) is 4.79 Å². The van der Waals surface area contributed by atoms with Crippen molar-refractivity contribution in [1.29, 1.82) is 0 Å². The minimum Gasteiger partial charge on any atom is -0.326 e. The van der Waals surface area contributed by atoms with Crippen LogP contribution < -0.4 is 5.32 Å². The number of carbonyl (C=O) groups excluding carboxylic acids is 1. The van der Waals surface area contributed by atoms with E-state index in [9.17, 15) is 26.4 Å². The molecule has 1 aromatic carbocycles. The fourth-order valence-corrected chi connectivity index (χ4v) is 2.78. The maximum atomic E-state index is 12.5. The van der Waals surface area contributed by atoms with E-state index in [1.807, 2.05) is 4.90 Å². The summed E-state index contributed by atoms with van der Waals surface area (Å²) in [4.78, 5) is 13.7. The molecule has 0 fully saturated rings. The van der Waals surface area contributed by atoms with Crippen molar-refractivity contribution in [3.8, 4) is 0 Å². The number of nitrogens with zero attached hydrogens (tertiary/aromatic N) is 2. The van der Waals surface area contributed by atoms with Crippen LogP contribution in [0.5, 0.6) is 0 Å². The highest BCUT2D eigenvalue weighted by molar-refractivity contribution is 7.88. The van der Waals surface area contributed by atoms with Gasteiger partial charge in [0.15, 0.2) is 0 Å². The molecule has 0 aliphatic carbocycles. The molecule has 0 atom stereocenters. The van der Waals surface area contributed by atoms with E-state index in [-0.39, 0.29) is 25.2 Å². The van der Waals surface area contributed by atoms with Crippen LogP contribution in [0.25, 0.3) is 0 Å². The second-order valence-corrected chi connectivity index (χ2v) is 7.82. The molecule has 10 heteroatoms. The lowest BCUT2D eigenvalue weighted by molar-refractivity contribution is -0.137. The number of carbonyl (C=O) groups is 1. The van der Waals surface area contributed by atoms with E-state index in [2.05, 4.69) is 5.32 Å². The molecule has 0 radical (unpaired) electrons. The average molecular weight is 381 g/mol. The summed E-state index contributed by atoms with van der Waals surface area (Å²) in [7, 11) is 0.157. The summed E-state index contributed by atoms with van der Waals surface area (Å²) in [6, 6.07) is 4.05. The van der Waals surface area contributed by atoms with Gasteiger partial charge in [-0.2, -0.15) is 13.2 Å². The number of hydrogen-bond donors (Lipinski definition) is 1. The van der Waals surface area contributed by atoms with Crippen LogP contribution in [0, 0.1) is 0 Å². The van der Waals surface area contributed by atoms with Gasteiger partial charge in [-0.15, -0.1) is 0 Å². The molecule has 0 unspecified atom stereocenters. The molecule has 0 heterocycles. The summed E-state index contributed by atoms with van der Waals surface area (Å²) < 4.78 is 62.1. The fourth-order valence-electron chi connectivity index (χ4n) is 1.95. The van der Waals surface area contributed by atoms with Crippen LogP contribution in [-0.2, 0) is 21.0 Å². The first-order chi connectivity index (χ1) is 11.4. The maximum absolute atomic E-state index is 12.5. The summed E-state index contributed by atoms with van der Waals surface area (Å²) in [6.45, 7) is 0.756. The number of nitrogens with one attached hydrogen (secondary N) is 1. The Morgan fingerprint density at radius 2 is 1.64 bits per heavy atom. The van der Waals surface area contributed by atoms with Crippen molar-refractivity contribution in [1.82, 2.24) is 9.21 Å². The molecule has 0 bridgehead atoms. The predicted molar refractivity (Wildman–Crippen MR) is 89.7 cm³/mol. The Morgan fingerprint density at radius 3 is 2.08 bits per heavy atom. The summed E-state index contributed by atoms with van der Waals surface area (Å²) >= 11 is 0. The molecule has 0 aliphatic heterocycles. The largest absolute Gasteiger partial charge is 0.416 e. The third-order valence-corrected chi connectivity index (χ3v) is 4.65. The Bertz CT molecular complexity index is 674. The number of hydrogen-bond acceptors (Lipinski definition) is 4. The molecule has 0 saturated heterocycles. The van der Waals surface area contributed by atoms with Crippen LogP contribution in [0.2, 0.25) is 0 Å². The minimum absolute atomic E-state index is 0.000852. The maximum Gasteiger partial charge on any atom is 0.416 e. The summed E-state index contributed by atoms with van der Waals surface area (Å²) in [5.41, 5.74) is -0.588. The molecule has 1 N–H and O–H groups in total. The molecule has 0 aromatic heterocycles. The Hall–Kier alpha value is -1.65. The van der Waals surface area contributed by atoms with Crippen LogP contribution in [0.15, 0.2) is 24.3 Å². The molecule has 0 saturated carbocycles. The molecular formula is C15H22F3N3O3S. The Labute approximate surface area is 145 Å². The average Bonchev–Trinajstić information content (AvgIpc) is 2.45. The molecule has 142 valence electrons. The van der Waals surface area contributed by atoms with Gasteiger partial charge in [-0.25, -0.2) is 12.7 Å². The van der Waals surface area contributed by atoms with Gasteiger partial charge in [0, 0.05) is 31.7 Å². The number of likely N-dealkylation sites (N-methyl/N-ethyl adjacent to an activating group) is 1. The summed E-state index contributed by atoms with van der Waals surface area (Å²) in [5.74, 6) is -0.474. The van der Waals surface area contributed by atoms with Crippen molar-refractivity contribution in [2.45, 2.75) is 12.6 Å². The van der Waals surface area contributed by atoms with E-state index in [0.29, 0.717) is 6.54 Å². The van der Waals surface area contributed by atoms with Gasteiger partial charge in [0.25, 0.3) is 0 Å². The first-order valence-corrected chi connectivity index (χ1v) is 9.31.